The average Bonchev–Trinajstić information content (AvgIpc) is 1.61. The van der Waals surface area contributed by atoms with Crippen LogP contribution in [0.1, 0.15) is 20.3 Å². The topological polar surface area (TPSA) is 12.0 Å². The Balaban J connectivity index is 2.68. The van der Waals surface area contributed by atoms with Gasteiger partial charge < -0.3 is 5.32 Å². The van der Waals surface area contributed by atoms with Gasteiger partial charge in [0.2, 0.25) is 0 Å². The largest absolute Gasteiger partial charge is 0.314 e. The maximum Gasteiger partial charge on any atom is 0.00736 e. The molecule has 1 unspecified atom stereocenters. The lowest BCUT2D eigenvalue weighted by atomic mass is 10.4. The molecule has 0 aliphatic heterocycles. The van der Waals surface area contributed by atoms with E-state index < -0.39 is 0 Å². The van der Waals surface area contributed by atoms with Crippen molar-refractivity contribution in [3.05, 3.63) is 6.92 Å². The summed E-state index contributed by atoms with van der Waals surface area (Å²) in [6.45, 7) is 10.5. The normalized spacial score (nSPS) is 10.3. The van der Waals surface area contributed by atoms with Crippen molar-refractivity contribution in [3.63, 3.8) is 0 Å². The Labute approximate surface area is 46.1 Å². The summed E-state index contributed by atoms with van der Waals surface area (Å²) >= 11 is 0. The lowest BCUT2D eigenvalue weighted by molar-refractivity contribution is 0.621. The molecule has 0 heterocycles. The molecule has 0 spiro atoms. The van der Waals surface area contributed by atoms with Crippen LogP contribution in [0.4, 0.5) is 0 Å². The van der Waals surface area contributed by atoms with Crippen LogP contribution in [0, 0.1) is 6.92 Å². The fraction of sp³-hybridized carbons (Fsp3) is 0.833. The summed E-state index contributed by atoms with van der Waals surface area (Å²) in [4.78, 5) is 0. The lowest BCUT2D eigenvalue weighted by Gasteiger charge is -2.03. The SMILES string of the molecule is [CH]C(C)NCCC. The number of rotatable bonds is 3. The third-order valence-electron chi connectivity index (χ3n) is 0.716. The molecule has 0 aliphatic carbocycles. The molecule has 0 saturated carbocycles. The van der Waals surface area contributed by atoms with Gasteiger partial charge in [-0.25, -0.2) is 0 Å². The van der Waals surface area contributed by atoms with E-state index in [-0.39, 0.29) is 6.04 Å². The van der Waals surface area contributed by atoms with Crippen LogP contribution in [0.5, 0.6) is 0 Å². The summed E-state index contributed by atoms with van der Waals surface area (Å²) in [5, 5.41) is 3.07. The van der Waals surface area contributed by atoms with Crippen molar-refractivity contribution >= 4 is 0 Å². The zero-order valence-corrected chi connectivity index (χ0v) is 5.07. The average molecular weight is 99.2 g/mol. The summed E-state index contributed by atoms with van der Waals surface area (Å²) in [6, 6.07) is 0.153. The Morgan fingerprint density at radius 3 is 2.43 bits per heavy atom. The van der Waals surface area contributed by atoms with Crippen molar-refractivity contribution in [2.45, 2.75) is 26.3 Å². The van der Waals surface area contributed by atoms with E-state index in [0.29, 0.717) is 0 Å². The molecule has 0 saturated heterocycles. The van der Waals surface area contributed by atoms with E-state index in [1.54, 1.807) is 0 Å². The van der Waals surface area contributed by atoms with E-state index in [0.717, 1.165) is 13.0 Å². The van der Waals surface area contributed by atoms with E-state index in [2.05, 4.69) is 12.2 Å². The maximum atomic E-state index is 5.37. The molecule has 0 aromatic carbocycles. The van der Waals surface area contributed by atoms with Crippen molar-refractivity contribution in [1.29, 1.82) is 0 Å². The minimum atomic E-state index is 0.153. The standard InChI is InChI=1S/C6H13N/c1-4-5-7-6(2)3/h2,6-7H,4-5H2,1,3H3. The highest BCUT2D eigenvalue weighted by atomic mass is 14.9. The predicted molar refractivity (Wildman–Crippen MR) is 32.1 cm³/mol. The van der Waals surface area contributed by atoms with Gasteiger partial charge in [0.15, 0.2) is 0 Å². The van der Waals surface area contributed by atoms with Gasteiger partial charge in [-0.3, -0.25) is 0 Å². The van der Waals surface area contributed by atoms with Crippen molar-refractivity contribution in [2.75, 3.05) is 6.54 Å². The number of nitrogens with one attached hydrogen (secondary N) is 1. The molecule has 7 heavy (non-hydrogen) atoms. The highest BCUT2D eigenvalue weighted by molar-refractivity contribution is 4.59. The van der Waals surface area contributed by atoms with Crippen LogP contribution in [-0.2, 0) is 0 Å². The molecule has 0 aliphatic rings. The first-order valence-electron chi connectivity index (χ1n) is 2.76. The molecule has 1 heteroatoms. The first-order valence-corrected chi connectivity index (χ1v) is 2.76. The van der Waals surface area contributed by atoms with Gasteiger partial charge in [-0.15, -0.1) is 0 Å². The van der Waals surface area contributed by atoms with Gasteiger partial charge in [0.05, 0.1) is 0 Å². The molecule has 0 fully saturated rings. The Morgan fingerprint density at radius 1 is 1.71 bits per heavy atom. The second-order valence-corrected chi connectivity index (χ2v) is 1.74. The molecule has 0 rings (SSSR count). The zero-order chi connectivity index (χ0) is 5.70. The van der Waals surface area contributed by atoms with Crippen LogP contribution in [-0.4, -0.2) is 12.6 Å². The van der Waals surface area contributed by atoms with Crippen LogP contribution in [0.2, 0.25) is 0 Å². The first kappa shape index (κ1) is 6.96. The third-order valence-corrected chi connectivity index (χ3v) is 0.716. The van der Waals surface area contributed by atoms with Gasteiger partial charge in [0.25, 0.3) is 0 Å². The van der Waals surface area contributed by atoms with Gasteiger partial charge in [-0.05, 0) is 26.8 Å². The molecule has 0 bridgehead atoms. The van der Waals surface area contributed by atoms with E-state index in [1.165, 1.54) is 0 Å². The molecule has 0 amide bonds. The summed E-state index contributed by atoms with van der Waals surface area (Å²) < 4.78 is 0. The Bertz CT molecular complexity index is 33.2. The Hall–Kier alpha value is -0.0400. The van der Waals surface area contributed by atoms with E-state index >= 15 is 0 Å². The summed E-state index contributed by atoms with van der Waals surface area (Å²) in [6.07, 6.45) is 1.15. The van der Waals surface area contributed by atoms with E-state index in [4.69, 9.17) is 6.92 Å². The molecule has 1 N–H and O–H groups in total. The lowest BCUT2D eigenvalue weighted by Crippen LogP contribution is -2.23. The van der Waals surface area contributed by atoms with Crippen LogP contribution in [0.3, 0.4) is 0 Å². The zero-order valence-electron chi connectivity index (χ0n) is 5.07. The molecule has 42 valence electrons. The van der Waals surface area contributed by atoms with Crippen LogP contribution in [0.15, 0.2) is 0 Å². The van der Waals surface area contributed by atoms with Crippen molar-refractivity contribution in [3.8, 4) is 0 Å². The highest BCUT2D eigenvalue weighted by Gasteiger charge is 1.85. The molecular weight excluding hydrogens is 86.1 g/mol. The molecule has 2 radical (unpaired) electrons. The van der Waals surface area contributed by atoms with Gasteiger partial charge in [0, 0.05) is 6.04 Å². The molecule has 1 nitrogen and oxygen atoms in total. The first-order chi connectivity index (χ1) is 3.27. The fourth-order valence-electron chi connectivity index (χ4n) is 0.372. The third kappa shape index (κ3) is 5.96. The van der Waals surface area contributed by atoms with Crippen LogP contribution in [0.25, 0.3) is 0 Å². The fourth-order valence-corrected chi connectivity index (χ4v) is 0.372. The Kier molecular flexibility index (Phi) is 4.10. The monoisotopic (exact) mass is 99.1 g/mol. The van der Waals surface area contributed by atoms with Crippen molar-refractivity contribution in [2.24, 2.45) is 0 Å². The maximum absolute atomic E-state index is 5.37. The molecule has 0 aromatic heterocycles. The van der Waals surface area contributed by atoms with Crippen molar-refractivity contribution < 1.29 is 0 Å². The molecule has 0 aromatic rings. The van der Waals surface area contributed by atoms with Gasteiger partial charge in [-0.2, -0.15) is 0 Å². The van der Waals surface area contributed by atoms with Crippen molar-refractivity contribution in [1.82, 2.24) is 5.32 Å². The predicted octanol–water partition coefficient (Wildman–Crippen LogP) is 1.09. The second-order valence-electron chi connectivity index (χ2n) is 1.74. The highest BCUT2D eigenvalue weighted by Crippen LogP contribution is 1.75. The minimum Gasteiger partial charge on any atom is -0.314 e. The van der Waals surface area contributed by atoms with E-state index in [1.807, 2.05) is 6.92 Å². The molecule has 1 atom stereocenters. The van der Waals surface area contributed by atoms with Gasteiger partial charge in [-0.1, -0.05) is 6.92 Å². The van der Waals surface area contributed by atoms with Gasteiger partial charge in [0.1, 0.15) is 0 Å². The van der Waals surface area contributed by atoms with Crippen LogP contribution < -0.4 is 5.32 Å². The van der Waals surface area contributed by atoms with Gasteiger partial charge >= 0.3 is 0 Å². The van der Waals surface area contributed by atoms with E-state index in [9.17, 15) is 0 Å². The second kappa shape index (κ2) is 4.13. The quantitative estimate of drug-likeness (QED) is 0.558. The summed E-state index contributed by atoms with van der Waals surface area (Å²) in [7, 11) is 0. The summed E-state index contributed by atoms with van der Waals surface area (Å²) in [5.41, 5.74) is 0. The Morgan fingerprint density at radius 2 is 2.29 bits per heavy atom. The number of hydrogen-bond acceptors (Lipinski definition) is 1. The van der Waals surface area contributed by atoms with Crippen LogP contribution >= 0.6 is 0 Å². The number of hydrogen-bond donors (Lipinski definition) is 1. The molecular formula is C6H13N. The summed E-state index contributed by atoms with van der Waals surface area (Å²) in [5.74, 6) is 0. The smallest absolute Gasteiger partial charge is 0.00736 e. The minimum absolute atomic E-state index is 0.153.